The van der Waals surface area contributed by atoms with E-state index >= 15 is 0 Å². The summed E-state index contributed by atoms with van der Waals surface area (Å²) in [6, 6.07) is 17.6. The van der Waals surface area contributed by atoms with E-state index in [-0.39, 0.29) is 12.0 Å². The maximum Gasteiger partial charge on any atom is 0.276 e. The minimum absolute atomic E-state index is 0.0598. The Kier molecular flexibility index (Phi) is 5.69. The first-order chi connectivity index (χ1) is 13.7. The average molecular weight is 394 g/mol. The third kappa shape index (κ3) is 4.24. The van der Waals surface area contributed by atoms with E-state index < -0.39 is 0 Å². The van der Waals surface area contributed by atoms with Crippen molar-refractivity contribution in [1.29, 1.82) is 0 Å². The number of para-hydroxylation sites is 1. The third-order valence-electron chi connectivity index (χ3n) is 4.83. The van der Waals surface area contributed by atoms with Crippen LogP contribution in [0.3, 0.4) is 0 Å². The second-order valence-electron chi connectivity index (χ2n) is 6.85. The summed E-state index contributed by atoms with van der Waals surface area (Å²) in [5.41, 5.74) is 2.37. The van der Waals surface area contributed by atoms with Crippen molar-refractivity contribution in [3.8, 4) is 5.75 Å². The zero-order chi connectivity index (χ0) is 19.3. The first-order valence-electron chi connectivity index (χ1n) is 9.42. The van der Waals surface area contributed by atoms with Gasteiger partial charge in [-0.1, -0.05) is 48.5 Å². The number of hydrogen-bond acceptors (Lipinski definition) is 4. The van der Waals surface area contributed by atoms with Crippen LogP contribution in [0.5, 0.6) is 5.75 Å². The first-order valence-corrected chi connectivity index (χ1v) is 9.83. The van der Waals surface area contributed by atoms with Crippen LogP contribution in [0.1, 0.15) is 24.0 Å². The summed E-state index contributed by atoms with van der Waals surface area (Å²) in [6.45, 7) is 1.71. The van der Waals surface area contributed by atoms with Gasteiger partial charge in [-0.05, 0) is 42.8 Å². The molecule has 28 heavy (non-hydrogen) atoms. The standard InChI is InChI=1S/C22H22N2O3S/c25-21-19(23-22(28)24(21)14-18-10-6-12-26-18)13-17-9-4-5-11-20(17)27-15-16-7-2-1-3-8-16/h1-5,7-9,11,13,18H,6,10,12,14-15H2,(H,23,28). The van der Waals surface area contributed by atoms with Crippen LogP contribution in [0, 0.1) is 0 Å². The molecule has 0 aliphatic carbocycles. The Labute approximate surface area is 169 Å². The molecule has 2 aliphatic heterocycles. The molecule has 0 radical (unpaired) electrons. The third-order valence-corrected chi connectivity index (χ3v) is 5.15. The molecule has 2 aromatic carbocycles. The molecule has 0 aromatic heterocycles. The molecular formula is C22H22N2O3S. The Bertz CT molecular complexity index is 892. The van der Waals surface area contributed by atoms with Gasteiger partial charge in [-0.15, -0.1) is 0 Å². The van der Waals surface area contributed by atoms with Gasteiger partial charge in [0.2, 0.25) is 0 Å². The molecule has 1 atom stereocenters. The number of carbonyl (C=O) groups is 1. The van der Waals surface area contributed by atoms with Gasteiger partial charge in [0.15, 0.2) is 5.11 Å². The minimum Gasteiger partial charge on any atom is -0.488 e. The van der Waals surface area contributed by atoms with E-state index in [1.807, 2.05) is 54.6 Å². The number of nitrogens with zero attached hydrogens (tertiary/aromatic N) is 1. The maximum absolute atomic E-state index is 12.8. The first kappa shape index (κ1) is 18.7. The molecule has 2 heterocycles. The molecule has 0 spiro atoms. The number of carbonyl (C=O) groups excluding carboxylic acids is 1. The number of ether oxygens (including phenoxy) is 2. The summed E-state index contributed by atoms with van der Waals surface area (Å²) in [7, 11) is 0. The SMILES string of the molecule is O=C1C(=Cc2ccccc2OCc2ccccc2)NC(=S)N1CC1CCCO1. The van der Waals surface area contributed by atoms with Gasteiger partial charge in [0.05, 0.1) is 12.6 Å². The molecule has 0 saturated carbocycles. The highest BCUT2D eigenvalue weighted by Gasteiger charge is 2.33. The summed E-state index contributed by atoms with van der Waals surface area (Å²) < 4.78 is 11.6. The highest BCUT2D eigenvalue weighted by atomic mass is 32.1. The number of rotatable bonds is 6. The van der Waals surface area contributed by atoms with E-state index in [9.17, 15) is 4.79 Å². The largest absolute Gasteiger partial charge is 0.488 e. The summed E-state index contributed by atoms with van der Waals surface area (Å²) in [6.07, 6.45) is 3.85. The van der Waals surface area contributed by atoms with E-state index in [1.165, 1.54) is 0 Å². The topological polar surface area (TPSA) is 50.8 Å². The Balaban J connectivity index is 1.49. The molecule has 0 bridgehead atoms. The lowest BCUT2D eigenvalue weighted by atomic mass is 10.1. The van der Waals surface area contributed by atoms with Crippen molar-refractivity contribution in [2.45, 2.75) is 25.6 Å². The van der Waals surface area contributed by atoms with E-state index in [4.69, 9.17) is 21.7 Å². The molecule has 2 aromatic rings. The zero-order valence-corrected chi connectivity index (χ0v) is 16.3. The Hall–Kier alpha value is -2.70. The van der Waals surface area contributed by atoms with Crippen molar-refractivity contribution in [3.63, 3.8) is 0 Å². The van der Waals surface area contributed by atoms with Gasteiger partial charge in [-0.25, -0.2) is 0 Å². The van der Waals surface area contributed by atoms with Gasteiger partial charge in [-0.2, -0.15) is 0 Å². The van der Waals surface area contributed by atoms with E-state index in [1.54, 1.807) is 11.0 Å². The van der Waals surface area contributed by atoms with Gasteiger partial charge in [-0.3, -0.25) is 9.69 Å². The van der Waals surface area contributed by atoms with Gasteiger partial charge >= 0.3 is 0 Å². The fourth-order valence-electron chi connectivity index (χ4n) is 3.35. The van der Waals surface area contributed by atoms with Crippen molar-refractivity contribution in [3.05, 3.63) is 71.4 Å². The smallest absolute Gasteiger partial charge is 0.276 e. The van der Waals surface area contributed by atoms with Gasteiger partial charge in [0.1, 0.15) is 18.1 Å². The summed E-state index contributed by atoms with van der Waals surface area (Å²) in [4.78, 5) is 14.4. The lowest BCUT2D eigenvalue weighted by Gasteiger charge is -2.18. The second-order valence-corrected chi connectivity index (χ2v) is 7.24. The molecule has 2 aliphatic rings. The molecule has 1 unspecified atom stereocenters. The molecular weight excluding hydrogens is 372 g/mol. The molecule has 5 nitrogen and oxygen atoms in total. The molecule has 2 saturated heterocycles. The molecule has 6 heteroatoms. The van der Waals surface area contributed by atoms with Crippen LogP contribution >= 0.6 is 12.2 Å². The van der Waals surface area contributed by atoms with Crippen LogP contribution in [-0.2, 0) is 16.1 Å². The Morgan fingerprint density at radius 1 is 1.18 bits per heavy atom. The van der Waals surface area contributed by atoms with E-state index in [2.05, 4.69) is 5.32 Å². The maximum atomic E-state index is 12.8. The molecule has 4 rings (SSSR count). The van der Waals surface area contributed by atoms with Crippen molar-refractivity contribution in [1.82, 2.24) is 10.2 Å². The molecule has 144 valence electrons. The zero-order valence-electron chi connectivity index (χ0n) is 15.5. The highest BCUT2D eigenvalue weighted by molar-refractivity contribution is 7.80. The second kappa shape index (κ2) is 8.54. The lowest BCUT2D eigenvalue weighted by molar-refractivity contribution is -0.123. The predicted molar refractivity (Wildman–Crippen MR) is 112 cm³/mol. The highest BCUT2D eigenvalue weighted by Crippen LogP contribution is 2.24. The fraction of sp³-hybridized carbons (Fsp3) is 0.273. The van der Waals surface area contributed by atoms with Crippen molar-refractivity contribution < 1.29 is 14.3 Å². The fourth-order valence-corrected chi connectivity index (χ4v) is 3.62. The number of benzene rings is 2. The van der Waals surface area contributed by atoms with Crippen molar-refractivity contribution >= 4 is 29.3 Å². The van der Waals surface area contributed by atoms with Crippen LogP contribution in [-0.4, -0.2) is 35.2 Å². The van der Waals surface area contributed by atoms with Gasteiger partial charge in [0, 0.05) is 12.2 Å². The van der Waals surface area contributed by atoms with Crippen LogP contribution in [0.25, 0.3) is 6.08 Å². The number of hydrogen-bond donors (Lipinski definition) is 1. The minimum atomic E-state index is -0.127. The Morgan fingerprint density at radius 3 is 2.75 bits per heavy atom. The van der Waals surface area contributed by atoms with Gasteiger partial charge in [0.25, 0.3) is 5.91 Å². The summed E-state index contributed by atoms with van der Waals surface area (Å²) >= 11 is 5.36. The van der Waals surface area contributed by atoms with Gasteiger partial charge < -0.3 is 14.8 Å². The average Bonchev–Trinajstić information content (AvgIpc) is 3.32. The van der Waals surface area contributed by atoms with E-state index in [0.717, 1.165) is 36.3 Å². The lowest BCUT2D eigenvalue weighted by Crippen LogP contribution is -2.37. The predicted octanol–water partition coefficient (Wildman–Crippen LogP) is 3.50. The van der Waals surface area contributed by atoms with Crippen LogP contribution in [0.15, 0.2) is 60.3 Å². The monoisotopic (exact) mass is 394 g/mol. The Morgan fingerprint density at radius 2 is 1.96 bits per heavy atom. The van der Waals surface area contributed by atoms with Crippen LogP contribution < -0.4 is 10.1 Å². The molecule has 2 fully saturated rings. The van der Waals surface area contributed by atoms with Crippen LogP contribution in [0.2, 0.25) is 0 Å². The normalized spacial score (nSPS) is 20.6. The molecule has 1 amide bonds. The number of amides is 1. The van der Waals surface area contributed by atoms with Crippen LogP contribution in [0.4, 0.5) is 0 Å². The summed E-state index contributed by atoms with van der Waals surface area (Å²) in [5, 5.41) is 3.46. The quantitative estimate of drug-likeness (QED) is 0.600. The van der Waals surface area contributed by atoms with Crippen molar-refractivity contribution in [2.75, 3.05) is 13.2 Å². The number of nitrogens with one attached hydrogen (secondary N) is 1. The molecule has 1 N–H and O–H groups in total. The number of thiocarbonyl (C=S) groups is 1. The van der Waals surface area contributed by atoms with Crippen molar-refractivity contribution in [2.24, 2.45) is 0 Å². The van der Waals surface area contributed by atoms with E-state index in [0.29, 0.717) is 24.0 Å². The summed E-state index contributed by atoms with van der Waals surface area (Å²) in [5.74, 6) is 0.593.